The van der Waals surface area contributed by atoms with Gasteiger partial charge in [-0.25, -0.2) is 0 Å². The number of likely N-dealkylation sites (N-methyl/N-ethyl adjacent to an activating group) is 1. The van der Waals surface area contributed by atoms with Crippen molar-refractivity contribution < 1.29 is 9.90 Å². The van der Waals surface area contributed by atoms with E-state index in [0.29, 0.717) is 13.0 Å². The summed E-state index contributed by atoms with van der Waals surface area (Å²) >= 11 is 0. The zero-order valence-electron chi connectivity index (χ0n) is 13.3. The van der Waals surface area contributed by atoms with Crippen LogP contribution in [0.25, 0.3) is 0 Å². The third kappa shape index (κ3) is 3.78. The number of benzene rings is 2. The predicted octanol–water partition coefficient (Wildman–Crippen LogP) is 1.89. The Labute approximate surface area is 136 Å². The van der Waals surface area contributed by atoms with Gasteiger partial charge >= 0.3 is 0 Å². The summed E-state index contributed by atoms with van der Waals surface area (Å²) in [4.78, 5) is 14.3. The molecule has 2 aromatic rings. The monoisotopic (exact) mass is 310 g/mol. The molecule has 0 radical (unpaired) electrons. The molecule has 0 aromatic heterocycles. The molecule has 1 amide bonds. The zero-order valence-corrected chi connectivity index (χ0v) is 13.3. The fraction of sp³-hybridized carbons (Fsp3) is 0.316. The van der Waals surface area contributed by atoms with Crippen molar-refractivity contribution in [1.29, 1.82) is 0 Å². The molecule has 4 nitrogen and oxygen atoms in total. The topological polar surface area (TPSA) is 52.6 Å². The Morgan fingerprint density at radius 1 is 1.17 bits per heavy atom. The molecule has 0 bridgehead atoms. The third-order valence-corrected chi connectivity index (χ3v) is 4.23. The largest absolute Gasteiger partial charge is 0.390 e. The summed E-state index contributed by atoms with van der Waals surface area (Å²) in [6.45, 7) is 1.03. The van der Waals surface area contributed by atoms with Gasteiger partial charge in [-0.05, 0) is 23.7 Å². The summed E-state index contributed by atoms with van der Waals surface area (Å²) < 4.78 is 0. The number of amides is 1. The normalized spacial score (nSPS) is 19.6. The van der Waals surface area contributed by atoms with Crippen molar-refractivity contribution in [2.24, 2.45) is 0 Å². The molecule has 2 unspecified atom stereocenters. The van der Waals surface area contributed by atoms with E-state index in [4.69, 9.17) is 0 Å². The number of hydrogen-bond donors (Lipinski definition) is 2. The molecule has 0 fully saturated rings. The first-order chi connectivity index (χ1) is 11.1. The molecule has 1 aliphatic carbocycles. The molecular weight excluding hydrogens is 288 g/mol. The molecule has 1 aliphatic rings. The molecule has 3 rings (SSSR count). The number of carbonyl (C=O) groups excluding carboxylic acids is 1. The zero-order chi connectivity index (χ0) is 16.2. The molecule has 23 heavy (non-hydrogen) atoms. The Bertz CT molecular complexity index is 672. The van der Waals surface area contributed by atoms with Crippen LogP contribution in [0.3, 0.4) is 0 Å². The lowest BCUT2D eigenvalue weighted by atomic mass is 10.1. The molecule has 0 heterocycles. The van der Waals surface area contributed by atoms with Crippen molar-refractivity contribution in [3.05, 3.63) is 71.3 Å². The van der Waals surface area contributed by atoms with Gasteiger partial charge in [-0.3, -0.25) is 9.69 Å². The molecule has 0 aliphatic heterocycles. The Morgan fingerprint density at radius 3 is 2.65 bits per heavy atom. The highest BCUT2D eigenvalue weighted by molar-refractivity contribution is 5.78. The smallest absolute Gasteiger partial charge is 0.234 e. The van der Waals surface area contributed by atoms with Gasteiger partial charge in [-0.15, -0.1) is 0 Å². The van der Waals surface area contributed by atoms with Gasteiger partial charge in [0.15, 0.2) is 0 Å². The maximum absolute atomic E-state index is 12.3. The molecule has 2 aromatic carbocycles. The van der Waals surface area contributed by atoms with Gasteiger partial charge in [0.25, 0.3) is 0 Å². The summed E-state index contributed by atoms with van der Waals surface area (Å²) in [5.74, 6) is -0.0656. The Kier molecular flexibility index (Phi) is 4.74. The van der Waals surface area contributed by atoms with E-state index in [1.807, 2.05) is 66.5 Å². The number of aliphatic hydroxyl groups is 1. The maximum atomic E-state index is 12.3. The van der Waals surface area contributed by atoms with Crippen molar-refractivity contribution in [2.75, 3.05) is 13.6 Å². The predicted molar refractivity (Wildman–Crippen MR) is 89.8 cm³/mol. The van der Waals surface area contributed by atoms with Crippen molar-refractivity contribution in [1.82, 2.24) is 10.2 Å². The number of rotatable bonds is 5. The Morgan fingerprint density at radius 2 is 1.87 bits per heavy atom. The third-order valence-electron chi connectivity index (χ3n) is 4.23. The first-order valence-electron chi connectivity index (χ1n) is 7.91. The van der Waals surface area contributed by atoms with Crippen LogP contribution in [-0.2, 0) is 17.8 Å². The summed E-state index contributed by atoms with van der Waals surface area (Å²) in [5, 5.41) is 13.2. The average molecular weight is 310 g/mol. The van der Waals surface area contributed by atoms with Gasteiger partial charge in [0, 0.05) is 13.0 Å². The Balaban J connectivity index is 1.57. The summed E-state index contributed by atoms with van der Waals surface area (Å²) in [7, 11) is 1.92. The number of nitrogens with zero attached hydrogens (tertiary/aromatic N) is 1. The minimum absolute atomic E-state index is 0.0656. The molecule has 4 heteroatoms. The van der Waals surface area contributed by atoms with E-state index in [1.165, 1.54) is 5.56 Å². The molecule has 2 atom stereocenters. The highest BCUT2D eigenvalue weighted by atomic mass is 16.3. The molecule has 120 valence electrons. The SMILES string of the molecule is CN(CC(=O)NC1c2ccccc2CC1O)Cc1ccccc1. The summed E-state index contributed by atoms with van der Waals surface area (Å²) in [6, 6.07) is 17.6. The van der Waals surface area contributed by atoms with E-state index in [-0.39, 0.29) is 11.9 Å². The van der Waals surface area contributed by atoms with Gasteiger partial charge in [0.2, 0.25) is 5.91 Å². The second kappa shape index (κ2) is 6.94. The molecule has 0 saturated carbocycles. The lowest BCUT2D eigenvalue weighted by molar-refractivity contribution is -0.123. The van der Waals surface area contributed by atoms with Gasteiger partial charge in [-0.2, -0.15) is 0 Å². The quantitative estimate of drug-likeness (QED) is 0.887. The number of fused-ring (bicyclic) bond motifs is 1. The van der Waals surface area contributed by atoms with E-state index in [9.17, 15) is 9.90 Å². The van der Waals surface area contributed by atoms with Crippen molar-refractivity contribution in [2.45, 2.75) is 25.1 Å². The second-order valence-corrected chi connectivity index (χ2v) is 6.17. The molecule has 2 N–H and O–H groups in total. The van der Waals surface area contributed by atoms with Crippen LogP contribution in [0.5, 0.6) is 0 Å². The van der Waals surface area contributed by atoms with Crippen LogP contribution in [0, 0.1) is 0 Å². The lowest BCUT2D eigenvalue weighted by Gasteiger charge is -2.21. The van der Waals surface area contributed by atoms with E-state index in [0.717, 1.165) is 17.7 Å². The number of aliphatic hydroxyl groups excluding tert-OH is 1. The van der Waals surface area contributed by atoms with Crippen LogP contribution in [0.4, 0.5) is 0 Å². The fourth-order valence-electron chi connectivity index (χ4n) is 3.16. The van der Waals surface area contributed by atoms with Crippen LogP contribution in [0.1, 0.15) is 22.7 Å². The summed E-state index contributed by atoms with van der Waals surface area (Å²) in [6.07, 6.45) is 0.0526. The van der Waals surface area contributed by atoms with Crippen molar-refractivity contribution in [3.8, 4) is 0 Å². The van der Waals surface area contributed by atoms with Crippen molar-refractivity contribution in [3.63, 3.8) is 0 Å². The van der Waals surface area contributed by atoms with Gasteiger partial charge in [0.05, 0.1) is 18.7 Å². The lowest BCUT2D eigenvalue weighted by Crippen LogP contribution is -2.39. The van der Waals surface area contributed by atoms with Crippen LogP contribution >= 0.6 is 0 Å². The van der Waals surface area contributed by atoms with Gasteiger partial charge in [-0.1, -0.05) is 54.6 Å². The molecule has 0 spiro atoms. The van der Waals surface area contributed by atoms with E-state index in [2.05, 4.69) is 5.32 Å². The van der Waals surface area contributed by atoms with Gasteiger partial charge < -0.3 is 10.4 Å². The number of carbonyl (C=O) groups is 1. The first-order valence-corrected chi connectivity index (χ1v) is 7.91. The van der Waals surface area contributed by atoms with E-state index < -0.39 is 6.10 Å². The minimum atomic E-state index is -0.546. The fourth-order valence-corrected chi connectivity index (χ4v) is 3.16. The van der Waals surface area contributed by atoms with Crippen LogP contribution < -0.4 is 5.32 Å². The van der Waals surface area contributed by atoms with Crippen LogP contribution in [0.15, 0.2) is 54.6 Å². The summed E-state index contributed by atoms with van der Waals surface area (Å²) in [5.41, 5.74) is 3.32. The molecule has 0 saturated heterocycles. The van der Waals surface area contributed by atoms with E-state index in [1.54, 1.807) is 0 Å². The minimum Gasteiger partial charge on any atom is -0.390 e. The maximum Gasteiger partial charge on any atom is 0.234 e. The van der Waals surface area contributed by atoms with E-state index >= 15 is 0 Å². The highest BCUT2D eigenvalue weighted by Crippen LogP contribution is 2.31. The number of nitrogens with one attached hydrogen (secondary N) is 1. The van der Waals surface area contributed by atoms with Gasteiger partial charge in [0.1, 0.15) is 0 Å². The average Bonchev–Trinajstić information content (AvgIpc) is 2.84. The Hall–Kier alpha value is -2.17. The second-order valence-electron chi connectivity index (χ2n) is 6.17. The number of hydrogen-bond acceptors (Lipinski definition) is 3. The standard InChI is InChI=1S/C19H22N2O2/c1-21(12-14-7-3-2-4-8-14)13-18(23)20-19-16-10-6-5-9-15(16)11-17(19)22/h2-10,17,19,22H,11-13H2,1H3,(H,20,23). The molecular formula is C19H22N2O2. The van der Waals surface area contributed by atoms with Crippen molar-refractivity contribution >= 4 is 5.91 Å². The highest BCUT2D eigenvalue weighted by Gasteiger charge is 2.31. The first kappa shape index (κ1) is 15.7. The van der Waals surface area contributed by atoms with Crippen LogP contribution in [-0.4, -0.2) is 35.6 Å². The van der Waals surface area contributed by atoms with Crippen LogP contribution in [0.2, 0.25) is 0 Å².